The highest BCUT2D eigenvalue weighted by molar-refractivity contribution is 5.46. The molecule has 1 unspecified atom stereocenters. The molecule has 1 fully saturated rings. The first-order valence-corrected chi connectivity index (χ1v) is 5.66. The van der Waals surface area contributed by atoms with E-state index in [1.807, 2.05) is 6.07 Å². The van der Waals surface area contributed by atoms with Gasteiger partial charge in [0.15, 0.2) is 0 Å². The van der Waals surface area contributed by atoms with E-state index in [-0.39, 0.29) is 5.95 Å². The zero-order chi connectivity index (χ0) is 11.5. The molecule has 2 N–H and O–H groups in total. The standard InChI is InChI=1S/C11H18N4O/c1-8-5-3-4-6-15(8)9-7-10(16-2)14-11(12)13-9/h7-8H,3-6H2,1-2H3,(H2,12,13,14). The molecule has 0 aromatic carbocycles. The van der Waals surface area contributed by atoms with Crippen molar-refractivity contribution < 1.29 is 4.74 Å². The summed E-state index contributed by atoms with van der Waals surface area (Å²) in [6.07, 6.45) is 3.69. The molecule has 2 rings (SSSR count). The van der Waals surface area contributed by atoms with Crippen molar-refractivity contribution in [3.05, 3.63) is 6.07 Å². The van der Waals surface area contributed by atoms with Gasteiger partial charge in [0.1, 0.15) is 5.82 Å². The van der Waals surface area contributed by atoms with Crippen LogP contribution in [0.1, 0.15) is 26.2 Å². The first kappa shape index (κ1) is 11.0. The van der Waals surface area contributed by atoms with Gasteiger partial charge in [0.25, 0.3) is 0 Å². The van der Waals surface area contributed by atoms with Gasteiger partial charge in [-0.25, -0.2) is 0 Å². The number of nitrogens with zero attached hydrogens (tertiary/aromatic N) is 3. The Hall–Kier alpha value is -1.52. The molecule has 0 radical (unpaired) electrons. The highest BCUT2D eigenvalue weighted by Gasteiger charge is 2.20. The molecule has 0 aliphatic carbocycles. The molecule has 88 valence electrons. The highest BCUT2D eigenvalue weighted by atomic mass is 16.5. The molecule has 1 aromatic heterocycles. The van der Waals surface area contributed by atoms with Crippen molar-refractivity contribution in [3.8, 4) is 5.88 Å². The van der Waals surface area contributed by atoms with Crippen LogP contribution in [0, 0.1) is 0 Å². The van der Waals surface area contributed by atoms with Gasteiger partial charge < -0.3 is 15.4 Å². The molecule has 1 saturated heterocycles. The van der Waals surface area contributed by atoms with Crippen LogP contribution < -0.4 is 15.4 Å². The lowest BCUT2D eigenvalue weighted by molar-refractivity contribution is 0.396. The Balaban J connectivity index is 2.27. The molecule has 5 nitrogen and oxygen atoms in total. The summed E-state index contributed by atoms with van der Waals surface area (Å²) in [5, 5.41) is 0. The fourth-order valence-corrected chi connectivity index (χ4v) is 2.12. The second kappa shape index (κ2) is 4.55. The number of ether oxygens (including phenoxy) is 1. The average molecular weight is 222 g/mol. The minimum absolute atomic E-state index is 0.270. The number of hydrogen-bond donors (Lipinski definition) is 1. The van der Waals surface area contributed by atoms with E-state index >= 15 is 0 Å². The summed E-state index contributed by atoms with van der Waals surface area (Å²) < 4.78 is 5.10. The number of methoxy groups -OCH3 is 1. The van der Waals surface area contributed by atoms with Gasteiger partial charge in [-0.1, -0.05) is 0 Å². The maximum atomic E-state index is 5.66. The van der Waals surface area contributed by atoms with Gasteiger partial charge >= 0.3 is 0 Å². The van der Waals surface area contributed by atoms with Crippen molar-refractivity contribution >= 4 is 11.8 Å². The summed E-state index contributed by atoms with van der Waals surface area (Å²) in [6.45, 7) is 3.24. The normalized spacial score (nSPS) is 20.9. The van der Waals surface area contributed by atoms with Gasteiger partial charge in [0.2, 0.25) is 11.8 Å². The summed E-state index contributed by atoms with van der Waals surface area (Å²) in [4.78, 5) is 10.5. The fraction of sp³-hybridized carbons (Fsp3) is 0.636. The first-order valence-electron chi connectivity index (χ1n) is 5.66. The lowest BCUT2D eigenvalue weighted by Gasteiger charge is -2.34. The summed E-state index contributed by atoms with van der Waals surface area (Å²) in [5.41, 5.74) is 5.66. The van der Waals surface area contributed by atoms with Gasteiger partial charge in [-0.15, -0.1) is 0 Å². The Morgan fingerprint density at radius 3 is 2.94 bits per heavy atom. The SMILES string of the molecule is COc1cc(N2CCCCC2C)nc(N)n1. The lowest BCUT2D eigenvalue weighted by Crippen LogP contribution is -2.38. The maximum Gasteiger partial charge on any atom is 0.225 e. The lowest BCUT2D eigenvalue weighted by atomic mass is 10.0. The van der Waals surface area contributed by atoms with Crippen LogP contribution >= 0.6 is 0 Å². The van der Waals surface area contributed by atoms with Crippen LogP contribution in [-0.2, 0) is 0 Å². The second-order valence-electron chi connectivity index (χ2n) is 4.16. The van der Waals surface area contributed by atoms with Crippen LogP contribution in [0.25, 0.3) is 0 Å². The molecule has 0 saturated carbocycles. The van der Waals surface area contributed by atoms with E-state index < -0.39 is 0 Å². The zero-order valence-corrected chi connectivity index (χ0v) is 9.81. The molecular formula is C11H18N4O. The Morgan fingerprint density at radius 2 is 2.25 bits per heavy atom. The van der Waals surface area contributed by atoms with Crippen LogP contribution in [0.2, 0.25) is 0 Å². The Kier molecular flexibility index (Phi) is 3.12. The number of piperidine rings is 1. The molecule has 1 aliphatic rings. The smallest absolute Gasteiger partial charge is 0.225 e. The Morgan fingerprint density at radius 1 is 1.44 bits per heavy atom. The summed E-state index contributed by atoms with van der Waals surface area (Å²) >= 11 is 0. The topological polar surface area (TPSA) is 64.3 Å². The van der Waals surface area contributed by atoms with Gasteiger partial charge in [-0.2, -0.15) is 9.97 Å². The quantitative estimate of drug-likeness (QED) is 0.820. The van der Waals surface area contributed by atoms with Crippen LogP contribution in [-0.4, -0.2) is 29.7 Å². The van der Waals surface area contributed by atoms with E-state index in [1.54, 1.807) is 7.11 Å². The van der Waals surface area contributed by atoms with Gasteiger partial charge in [0, 0.05) is 18.7 Å². The van der Waals surface area contributed by atoms with Gasteiger partial charge in [-0.3, -0.25) is 0 Å². The third-order valence-corrected chi connectivity index (χ3v) is 3.01. The van der Waals surface area contributed by atoms with E-state index in [0.717, 1.165) is 12.4 Å². The first-order chi connectivity index (χ1) is 7.70. The number of hydrogen-bond acceptors (Lipinski definition) is 5. The second-order valence-corrected chi connectivity index (χ2v) is 4.16. The minimum Gasteiger partial charge on any atom is -0.481 e. The van der Waals surface area contributed by atoms with Crippen molar-refractivity contribution in [2.75, 3.05) is 24.3 Å². The fourth-order valence-electron chi connectivity index (χ4n) is 2.12. The molecule has 5 heteroatoms. The Bertz CT molecular complexity index is 369. The number of nitrogens with two attached hydrogens (primary N) is 1. The van der Waals surface area contributed by atoms with Crippen LogP contribution in [0.3, 0.4) is 0 Å². The zero-order valence-electron chi connectivity index (χ0n) is 9.81. The summed E-state index contributed by atoms with van der Waals surface area (Å²) in [6, 6.07) is 2.35. The molecule has 1 aliphatic heterocycles. The molecular weight excluding hydrogens is 204 g/mol. The van der Waals surface area contributed by atoms with Gasteiger partial charge in [0.05, 0.1) is 7.11 Å². The van der Waals surface area contributed by atoms with Crippen molar-refractivity contribution in [3.63, 3.8) is 0 Å². The molecule has 0 amide bonds. The monoisotopic (exact) mass is 222 g/mol. The third-order valence-electron chi connectivity index (χ3n) is 3.01. The molecule has 0 spiro atoms. The van der Waals surface area contributed by atoms with E-state index in [2.05, 4.69) is 21.8 Å². The maximum absolute atomic E-state index is 5.66. The van der Waals surface area contributed by atoms with Crippen molar-refractivity contribution in [2.24, 2.45) is 0 Å². The third kappa shape index (κ3) is 2.18. The molecule has 0 bridgehead atoms. The molecule has 1 aromatic rings. The summed E-state index contributed by atoms with van der Waals surface area (Å²) in [5.74, 6) is 1.67. The number of rotatable bonds is 2. The molecule has 16 heavy (non-hydrogen) atoms. The average Bonchev–Trinajstić information content (AvgIpc) is 2.28. The predicted molar refractivity (Wildman–Crippen MR) is 63.7 cm³/mol. The van der Waals surface area contributed by atoms with E-state index in [9.17, 15) is 0 Å². The van der Waals surface area contributed by atoms with E-state index in [0.29, 0.717) is 11.9 Å². The minimum atomic E-state index is 0.270. The van der Waals surface area contributed by atoms with Crippen LogP contribution in [0.5, 0.6) is 5.88 Å². The largest absolute Gasteiger partial charge is 0.481 e. The predicted octanol–water partition coefficient (Wildman–Crippen LogP) is 1.45. The Labute approximate surface area is 95.6 Å². The van der Waals surface area contributed by atoms with E-state index in [4.69, 9.17) is 10.5 Å². The van der Waals surface area contributed by atoms with Crippen molar-refractivity contribution in [1.29, 1.82) is 0 Å². The summed E-state index contributed by atoms with van der Waals surface area (Å²) in [7, 11) is 1.59. The number of aromatic nitrogens is 2. The van der Waals surface area contributed by atoms with Crippen LogP contribution in [0.4, 0.5) is 11.8 Å². The van der Waals surface area contributed by atoms with E-state index in [1.165, 1.54) is 19.3 Å². The van der Waals surface area contributed by atoms with Crippen LogP contribution in [0.15, 0.2) is 6.07 Å². The van der Waals surface area contributed by atoms with Gasteiger partial charge in [-0.05, 0) is 26.2 Å². The number of anilines is 2. The van der Waals surface area contributed by atoms with Crippen molar-refractivity contribution in [2.45, 2.75) is 32.2 Å². The molecule has 2 heterocycles. The van der Waals surface area contributed by atoms with Crippen molar-refractivity contribution in [1.82, 2.24) is 9.97 Å². The molecule has 1 atom stereocenters. The highest BCUT2D eigenvalue weighted by Crippen LogP contribution is 2.25. The number of nitrogen functional groups attached to an aromatic ring is 1.